The molecule has 0 amide bonds. The summed E-state index contributed by atoms with van der Waals surface area (Å²) in [6.07, 6.45) is -0.0974. The molecular formula is C10H10FNO4. The largest absolute Gasteiger partial charge is 0.481 e. The maximum Gasteiger partial charge on any atom is 0.338 e. The molecule has 0 atom stereocenters. The van der Waals surface area contributed by atoms with E-state index in [1.807, 2.05) is 0 Å². The van der Waals surface area contributed by atoms with E-state index in [4.69, 9.17) is 10.2 Å². The number of hydrogen-bond donors (Lipinski definition) is 3. The van der Waals surface area contributed by atoms with E-state index >= 15 is 0 Å². The summed E-state index contributed by atoms with van der Waals surface area (Å²) < 4.78 is 13.0. The van der Waals surface area contributed by atoms with Gasteiger partial charge in [-0.05, 0) is 18.2 Å². The first kappa shape index (κ1) is 12.0. The molecule has 0 aliphatic heterocycles. The molecule has 86 valence electrons. The van der Waals surface area contributed by atoms with Crippen LogP contribution in [0.5, 0.6) is 0 Å². The summed E-state index contributed by atoms with van der Waals surface area (Å²) in [7, 11) is 0. The Morgan fingerprint density at radius 3 is 2.56 bits per heavy atom. The van der Waals surface area contributed by atoms with E-state index in [1.165, 1.54) is 6.07 Å². The number of halogens is 1. The van der Waals surface area contributed by atoms with Crippen molar-refractivity contribution in [2.45, 2.75) is 6.42 Å². The van der Waals surface area contributed by atoms with Crippen LogP contribution in [0.1, 0.15) is 16.8 Å². The van der Waals surface area contributed by atoms with Gasteiger partial charge in [0.05, 0.1) is 12.0 Å². The molecule has 0 saturated heterocycles. The van der Waals surface area contributed by atoms with Gasteiger partial charge in [-0.3, -0.25) is 4.79 Å². The van der Waals surface area contributed by atoms with Crippen LogP contribution in [0.25, 0.3) is 0 Å². The minimum Gasteiger partial charge on any atom is -0.481 e. The van der Waals surface area contributed by atoms with Gasteiger partial charge >= 0.3 is 11.9 Å². The molecule has 0 bridgehead atoms. The molecule has 0 unspecified atom stereocenters. The monoisotopic (exact) mass is 227 g/mol. The van der Waals surface area contributed by atoms with E-state index in [1.54, 1.807) is 0 Å². The number of anilines is 1. The zero-order valence-corrected chi connectivity index (χ0v) is 8.24. The van der Waals surface area contributed by atoms with Crippen molar-refractivity contribution in [3.63, 3.8) is 0 Å². The second-order valence-electron chi connectivity index (χ2n) is 3.07. The van der Waals surface area contributed by atoms with Crippen LogP contribution in [-0.4, -0.2) is 28.7 Å². The molecule has 16 heavy (non-hydrogen) atoms. The van der Waals surface area contributed by atoms with Crippen LogP contribution in [0.15, 0.2) is 18.2 Å². The van der Waals surface area contributed by atoms with Gasteiger partial charge in [0.15, 0.2) is 0 Å². The molecule has 5 nitrogen and oxygen atoms in total. The highest BCUT2D eigenvalue weighted by Crippen LogP contribution is 2.14. The van der Waals surface area contributed by atoms with Crippen molar-refractivity contribution < 1.29 is 24.2 Å². The average molecular weight is 227 g/mol. The molecule has 0 spiro atoms. The van der Waals surface area contributed by atoms with Crippen LogP contribution in [0.2, 0.25) is 0 Å². The van der Waals surface area contributed by atoms with E-state index in [-0.39, 0.29) is 13.0 Å². The number of aliphatic carboxylic acids is 1. The first-order valence-electron chi connectivity index (χ1n) is 4.49. The van der Waals surface area contributed by atoms with Crippen molar-refractivity contribution in [3.8, 4) is 0 Å². The Balaban J connectivity index is 2.71. The molecule has 6 heteroatoms. The summed E-state index contributed by atoms with van der Waals surface area (Å²) in [6.45, 7) is 0.153. The van der Waals surface area contributed by atoms with Crippen molar-refractivity contribution in [1.82, 2.24) is 0 Å². The zero-order chi connectivity index (χ0) is 12.1. The quantitative estimate of drug-likeness (QED) is 0.708. The van der Waals surface area contributed by atoms with Gasteiger partial charge in [0, 0.05) is 12.2 Å². The molecule has 0 radical (unpaired) electrons. The van der Waals surface area contributed by atoms with Crippen LogP contribution in [-0.2, 0) is 4.79 Å². The maximum absolute atomic E-state index is 13.0. The Morgan fingerprint density at radius 2 is 2.00 bits per heavy atom. The Labute approximate surface area is 90.5 Å². The third kappa shape index (κ3) is 3.23. The van der Waals surface area contributed by atoms with Crippen LogP contribution in [0, 0.1) is 5.82 Å². The average Bonchev–Trinajstić information content (AvgIpc) is 2.19. The Bertz CT molecular complexity index is 419. The summed E-state index contributed by atoms with van der Waals surface area (Å²) in [6, 6.07) is 3.50. The first-order chi connectivity index (χ1) is 7.50. The minimum absolute atomic E-state index is 0.0974. The lowest BCUT2D eigenvalue weighted by molar-refractivity contribution is -0.136. The van der Waals surface area contributed by atoms with Crippen molar-refractivity contribution in [3.05, 3.63) is 29.6 Å². The summed E-state index contributed by atoms with van der Waals surface area (Å²) in [5, 5.41) is 19.7. The summed E-state index contributed by atoms with van der Waals surface area (Å²) in [5.74, 6) is -3.15. The lowest BCUT2D eigenvalue weighted by Gasteiger charge is -2.06. The smallest absolute Gasteiger partial charge is 0.338 e. The van der Waals surface area contributed by atoms with Gasteiger partial charge in [-0.25, -0.2) is 9.18 Å². The molecule has 0 aliphatic carbocycles. The van der Waals surface area contributed by atoms with Gasteiger partial charge in [0.1, 0.15) is 5.82 Å². The summed E-state index contributed by atoms with van der Waals surface area (Å²) in [5.41, 5.74) is -0.0691. The summed E-state index contributed by atoms with van der Waals surface area (Å²) >= 11 is 0. The second kappa shape index (κ2) is 5.11. The standard InChI is InChI=1S/C10H10FNO4/c11-8-2-1-6(5-7(8)10(15)16)12-4-3-9(13)14/h1-2,5,12H,3-4H2,(H,13,14)(H,15,16). The molecule has 1 aromatic rings. The Kier molecular flexibility index (Phi) is 3.82. The molecule has 0 aromatic heterocycles. The minimum atomic E-state index is -1.36. The molecule has 0 aliphatic rings. The fourth-order valence-corrected chi connectivity index (χ4v) is 1.11. The number of rotatable bonds is 5. The SMILES string of the molecule is O=C(O)CCNc1ccc(F)c(C(=O)O)c1. The molecular weight excluding hydrogens is 217 g/mol. The molecule has 0 heterocycles. The van der Waals surface area contributed by atoms with E-state index in [0.29, 0.717) is 5.69 Å². The third-order valence-electron chi connectivity index (χ3n) is 1.86. The number of hydrogen-bond acceptors (Lipinski definition) is 3. The zero-order valence-electron chi connectivity index (χ0n) is 8.24. The number of aromatic carboxylic acids is 1. The van der Waals surface area contributed by atoms with Gasteiger partial charge in [-0.15, -0.1) is 0 Å². The van der Waals surface area contributed by atoms with Crippen LogP contribution >= 0.6 is 0 Å². The van der Waals surface area contributed by atoms with Gasteiger partial charge in [0.2, 0.25) is 0 Å². The van der Waals surface area contributed by atoms with Crippen LogP contribution < -0.4 is 5.32 Å². The molecule has 1 aromatic carbocycles. The number of benzene rings is 1. The van der Waals surface area contributed by atoms with Crippen molar-refractivity contribution in [1.29, 1.82) is 0 Å². The van der Waals surface area contributed by atoms with E-state index in [2.05, 4.69) is 5.32 Å². The highest BCUT2D eigenvalue weighted by molar-refractivity contribution is 5.89. The third-order valence-corrected chi connectivity index (χ3v) is 1.86. The lowest BCUT2D eigenvalue weighted by atomic mass is 10.2. The fraction of sp³-hybridized carbons (Fsp3) is 0.200. The number of carbonyl (C=O) groups is 2. The van der Waals surface area contributed by atoms with Crippen molar-refractivity contribution >= 4 is 17.6 Å². The number of nitrogens with one attached hydrogen (secondary N) is 1. The number of carboxylic acids is 2. The lowest BCUT2D eigenvalue weighted by Crippen LogP contribution is -2.09. The first-order valence-corrected chi connectivity index (χ1v) is 4.49. The van der Waals surface area contributed by atoms with E-state index in [0.717, 1.165) is 12.1 Å². The molecule has 3 N–H and O–H groups in total. The highest BCUT2D eigenvalue weighted by atomic mass is 19.1. The molecule has 0 saturated carbocycles. The second-order valence-corrected chi connectivity index (χ2v) is 3.07. The Morgan fingerprint density at radius 1 is 1.31 bits per heavy atom. The van der Waals surface area contributed by atoms with E-state index < -0.39 is 23.3 Å². The van der Waals surface area contributed by atoms with Crippen LogP contribution in [0.3, 0.4) is 0 Å². The maximum atomic E-state index is 13.0. The van der Waals surface area contributed by atoms with Crippen LogP contribution in [0.4, 0.5) is 10.1 Å². The number of carboxylic acid groups (broad SMARTS) is 2. The normalized spacial score (nSPS) is 9.81. The van der Waals surface area contributed by atoms with Gasteiger partial charge in [-0.1, -0.05) is 0 Å². The topological polar surface area (TPSA) is 86.6 Å². The summed E-state index contributed by atoms with van der Waals surface area (Å²) in [4.78, 5) is 20.8. The molecule has 0 fully saturated rings. The van der Waals surface area contributed by atoms with Gasteiger partial charge in [-0.2, -0.15) is 0 Å². The predicted molar refractivity (Wildman–Crippen MR) is 54.1 cm³/mol. The molecule has 1 rings (SSSR count). The Hall–Kier alpha value is -2.11. The highest BCUT2D eigenvalue weighted by Gasteiger charge is 2.10. The van der Waals surface area contributed by atoms with Crippen molar-refractivity contribution in [2.24, 2.45) is 0 Å². The van der Waals surface area contributed by atoms with Crippen molar-refractivity contribution in [2.75, 3.05) is 11.9 Å². The van der Waals surface area contributed by atoms with E-state index in [9.17, 15) is 14.0 Å². The van der Waals surface area contributed by atoms with Gasteiger partial charge in [0.25, 0.3) is 0 Å². The van der Waals surface area contributed by atoms with Gasteiger partial charge < -0.3 is 15.5 Å². The predicted octanol–water partition coefficient (Wildman–Crippen LogP) is 1.41. The fourth-order valence-electron chi connectivity index (χ4n) is 1.11.